The van der Waals surface area contributed by atoms with Crippen molar-refractivity contribution in [3.8, 4) is 0 Å². The summed E-state index contributed by atoms with van der Waals surface area (Å²) in [5, 5.41) is 0. The van der Waals surface area contributed by atoms with E-state index in [0.717, 1.165) is 0 Å². The van der Waals surface area contributed by atoms with Crippen molar-refractivity contribution < 1.29 is 14.4 Å². The van der Waals surface area contributed by atoms with Crippen LogP contribution in [-0.4, -0.2) is 26.4 Å². The average molecular weight is 198 g/mol. The minimum atomic E-state index is -3.77. The van der Waals surface area contributed by atoms with E-state index in [2.05, 4.69) is 0 Å². The molecule has 0 aliphatic rings. The molecule has 0 bridgehead atoms. The van der Waals surface area contributed by atoms with Crippen LogP contribution in [0.25, 0.3) is 0 Å². The lowest BCUT2D eigenvalue weighted by Crippen LogP contribution is -2.09. The molecule has 0 fully saturated rings. The monoisotopic (exact) mass is 198 g/mol. The van der Waals surface area contributed by atoms with Crippen LogP contribution < -0.4 is 0 Å². The van der Waals surface area contributed by atoms with Gasteiger partial charge in [0.25, 0.3) is 0 Å². The minimum absolute atomic E-state index is 0.0189. The Kier molecular flexibility index (Phi) is 4.12. The Bertz CT molecular complexity index is 158. The molecule has 0 amide bonds. The Balaban J connectivity index is 3.52. The zero-order chi connectivity index (χ0) is 9.12. The fourth-order valence-corrected chi connectivity index (χ4v) is 2.40. The summed E-state index contributed by atoms with van der Waals surface area (Å²) in [6.45, 7) is 6.08. The third-order valence-electron chi connectivity index (χ3n) is 0.918. The fraction of sp³-hybridized carbons (Fsp3) is 1.00. The van der Waals surface area contributed by atoms with Gasteiger partial charge in [-0.05, 0) is 0 Å². The predicted molar refractivity (Wildman–Crippen MR) is 49.1 cm³/mol. The molecule has 0 rings (SSSR count). The average Bonchev–Trinajstić information content (AvgIpc) is 1.55. The van der Waals surface area contributed by atoms with Crippen LogP contribution in [0, 0.1) is 0 Å². The molecule has 0 saturated carbocycles. The Morgan fingerprint density at radius 1 is 1.36 bits per heavy atom. The number of thioether (sulfide) groups is 1. The van der Waals surface area contributed by atoms with E-state index in [1.54, 1.807) is 11.8 Å². The fourth-order valence-electron chi connectivity index (χ4n) is 0.471. The summed E-state index contributed by atoms with van der Waals surface area (Å²) in [6.07, 6.45) is -0.0189. The molecule has 0 atom stereocenters. The van der Waals surface area contributed by atoms with E-state index in [1.165, 1.54) is 0 Å². The first-order chi connectivity index (χ1) is 4.71. The second-order valence-corrected chi connectivity index (χ2v) is 7.05. The van der Waals surface area contributed by atoms with Gasteiger partial charge in [0, 0.05) is 10.5 Å². The third kappa shape index (κ3) is 10.5. The van der Waals surface area contributed by atoms with Gasteiger partial charge in [0.05, 0.1) is 6.16 Å². The molecule has 68 valence electrons. The second-order valence-electron chi connectivity index (χ2n) is 3.35. The van der Waals surface area contributed by atoms with Crippen molar-refractivity contribution in [2.75, 3.05) is 11.9 Å². The van der Waals surface area contributed by atoms with Crippen LogP contribution in [-0.2, 0) is 4.57 Å². The molecule has 3 nitrogen and oxygen atoms in total. The molecule has 0 unspecified atom stereocenters. The maximum absolute atomic E-state index is 10.4. The van der Waals surface area contributed by atoms with Crippen LogP contribution in [0.2, 0.25) is 0 Å². The maximum Gasteiger partial charge on any atom is 0.326 e. The summed E-state index contributed by atoms with van der Waals surface area (Å²) in [7, 11) is -3.77. The van der Waals surface area contributed by atoms with Gasteiger partial charge in [-0.1, -0.05) is 20.8 Å². The van der Waals surface area contributed by atoms with E-state index in [9.17, 15) is 4.57 Å². The highest BCUT2D eigenvalue weighted by Gasteiger charge is 2.16. The van der Waals surface area contributed by atoms with Gasteiger partial charge in [-0.2, -0.15) is 11.8 Å². The SMILES string of the molecule is CC(C)(C)SCCP(=O)(O)O. The lowest BCUT2D eigenvalue weighted by Gasteiger charge is -2.17. The molecule has 0 aromatic carbocycles. The van der Waals surface area contributed by atoms with Crippen molar-refractivity contribution in [1.82, 2.24) is 0 Å². The first kappa shape index (κ1) is 11.5. The van der Waals surface area contributed by atoms with Gasteiger partial charge in [-0.3, -0.25) is 4.57 Å². The van der Waals surface area contributed by atoms with Crippen molar-refractivity contribution in [3.05, 3.63) is 0 Å². The maximum atomic E-state index is 10.4. The zero-order valence-corrected chi connectivity index (χ0v) is 8.78. The van der Waals surface area contributed by atoms with Gasteiger partial charge in [-0.15, -0.1) is 0 Å². The van der Waals surface area contributed by atoms with Crippen molar-refractivity contribution in [1.29, 1.82) is 0 Å². The van der Waals surface area contributed by atoms with Crippen LogP contribution in [0.1, 0.15) is 20.8 Å². The molecule has 5 heteroatoms. The first-order valence-electron chi connectivity index (χ1n) is 3.39. The highest BCUT2D eigenvalue weighted by atomic mass is 32.2. The van der Waals surface area contributed by atoms with Gasteiger partial charge in [0.2, 0.25) is 0 Å². The Labute approximate surface area is 71.7 Å². The van der Waals surface area contributed by atoms with Crippen LogP contribution in [0.3, 0.4) is 0 Å². The second kappa shape index (κ2) is 3.94. The Morgan fingerprint density at radius 2 is 1.82 bits per heavy atom. The molecule has 2 N–H and O–H groups in total. The van der Waals surface area contributed by atoms with Gasteiger partial charge in [0.1, 0.15) is 0 Å². The summed E-state index contributed by atoms with van der Waals surface area (Å²) in [5.74, 6) is 0.522. The highest BCUT2D eigenvalue weighted by molar-refractivity contribution is 8.00. The van der Waals surface area contributed by atoms with Gasteiger partial charge in [0.15, 0.2) is 0 Å². The first-order valence-corrected chi connectivity index (χ1v) is 6.17. The highest BCUT2D eigenvalue weighted by Crippen LogP contribution is 2.36. The largest absolute Gasteiger partial charge is 0.326 e. The lowest BCUT2D eigenvalue weighted by atomic mass is 10.3. The molecular weight excluding hydrogens is 183 g/mol. The van der Waals surface area contributed by atoms with E-state index < -0.39 is 7.60 Å². The van der Waals surface area contributed by atoms with E-state index in [-0.39, 0.29) is 10.9 Å². The quantitative estimate of drug-likeness (QED) is 0.677. The lowest BCUT2D eigenvalue weighted by molar-refractivity contribution is 0.375. The smallest absolute Gasteiger partial charge is 0.324 e. The molecule has 0 radical (unpaired) electrons. The Hall–Kier alpha value is 0.500. The normalized spacial score (nSPS) is 13.5. The summed E-state index contributed by atoms with van der Waals surface area (Å²) < 4.78 is 10.5. The summed E-state index contributed by atoms with van der Waals surface area (Å²) in [4.78, 5) is 17.0. The van der Waals surface area contributed by atoms with Gasteiger partial charge < -0.3 is 9.79 Å². The van der Waals surface area contributed by atoms with Gasteiger partial charge in [-0.25, -0.2) is 0 Å². The van der Waals surface area contributed by atoms with Crippen LogP contribution in [0.5, 0.6) is 0 Å². The summed E-state index contributed by atoms with van der Waals surface area (Å²) in [5.41, 5.74) is 0. The number of hydrogen-bond donors (Lipinski definition) is 2. The zero-order valence-electron chi connectivity index (χ0n) is 7.07. The van der Waals surface area contributed by atoms with E-state index in [0.29, 0.717) is 5.75 Å². The summed E-state index contributed by atoms with van der Waals surface area (Å²) >= 11 is 1.57. The summed E-state index contributed by atoms with van der Waals surface area (Å²) in [6, 6.07) is 0. The van der Waals surface area contributed by atoms with Crippen molar-refractivity contribution in [2.24, 2.45) is 0 Å². The van der Waals surface area contributed by atoms with Crippen molar-refractivity contribution in [2.45, 2.75) is 25.5 Å². The molecule has 0 saturated heterocycles. The minimum Gasteiger partial charge on any atom is -0.324 e. The third-order valence-corrected chi connectivity index (χ3v) is 3.30. The molecule has 0 spiro atoms. The molecule has 0 heterocycles. The topological polar surface area (TPSA) is 57.5 Å². The molecule has 0 aliphatic heterocycles. The molecular formula is C6H15O3PS. The molecule has 0 aromatic heterocycles. The van der Waals surface area contributed by atoms with Crippen molar-refractivity contribution >= 4 is 19.4 Å². The van der Waals surface area contributed by atoms with Crippen molar-refractivity contribution in [3.63, 3.8) is 0 Å². The van der Waals surface area contributed by atoms with Gasteiger partial charge >= 0.3 is 7.60 Å². The van der Waals surface area contributed by atoms with Crippen LogP contribution in [0.15, 0.2) is 0 Å². The molecule has 11 heavy (non-hydrogen) atoms. The van der Waals surface area contributed by atoms with E-state index >= 15 is 0 Å². The van der Waals surface area contributed by atoms with Crippen LogP contribution in [0.4, 0.5) is 0 Å². The van der Waals surface area contributed by atoms with E-state index in [1.807, 2.05) is 20.8 Å². The Morgan fingerprint density at radius 3 is 2.09 bits per heavy atom. The molecule has 0 aromatic rings. The standard InChI is InChI=1S/C6H15O3PS/c1-6(2,3)11-5-4-10(7,8)9/h4-5H2,1-3H3,(H2,7,8,9). The predicted octanol–water partition coefficient (Wildman–Crippen LogP) is 1.70. The van der Waals surface area contributed by atoms with Crippen LogP contribution >= 0.6 is 19.4 Å². The molecule has 0 aliphatic carbocycles. The number of hydrogen-bond acceptors (Lipinski definition) is 2. The van der Waals surface area contributed by atoms with E-state index in [4.69, 9.17) is 9.79 Å². The number of rotatable bonds is 3.